The zero-order chi connectivity index (χ0) is 12.1. The van der Waals surface area contributed by atoms with E-state index in [-0.39, 0.29) is 18.7 Å². The Morgan fingerprint density at radius 3 is 2.62 bits per heavy atom. The van der Waals surface area contributed by atoms with Crippen LogP contribution in [0.25, 0.3) is 0 Å². The van der Waals surface area contributed by atoms with E-state index in [0.29, 0.717) is 6.61 Å². The Labute approximate surface area is 101 Å². The van der Waals surface area contributed by atoms with Crippen molar-refractivity contribution in [2.75, 3.05) is 20.3 Å². The summed E-state index contributed by atoms with van der Waals surface area (Å²) in [4.78, 5) is 5.72. The van der Waals surface area contributed by atoms with Crippen LogP contribution in [0.3, 0.4) is 0 Å². The zero-order valence-corrected chi connectivity index (χ0v) is 11.1. The van der Waals surface area contributed by atoms with Gasteiger partial charge in [-0.25, -0.2) is 4.98 Å². The Kier molecular flexibility index (Phi) is 5.34. The van der Waals surface area contributed by atoms with Crippen molar-refractivity contribution in [3.05, 3.63) is 15.6 Å². The van der Waals surface area contributed by atoms with E-state index in [2.05, 4.69) is 24.1 Å². The van der Waals surface area contributed by atoms with Crippen LogP contribution in [0.4, 0.5) is 0 Å². The lowest BCUT2D eigenvalue weighted by atomic mass is 10.2. The summed E-state index contributed by atoms with van der Waals surface area (Å²) in [5.41, 5.74) is 1.07. The molecule has 0 aliphatic carbocycles. The van der Waals surface area contributed by atoms with Crippen LogP contribution in [-0.2, 0) is 4.74 Å². The van der Waals surface area contributed by atoms with Crippen molar-refractivity contribution in [2.45, 2.75) is 32.9 Å². The Balaban J connectivity index is 2.63. The van der Waals surface area contributed by atoms with E-state index in [9.17, 15) is 0 Å². The van der Waals surface area contributed by atoms with Crippen molar-refractivity contribution in [2.24, 2.45) is 0 Å². The molecule has 0 saturated carbocycles. The normalized spacial score (nSPS) is 15.1. The number of ether oxygens (including phenoxy) is 1. The van der Waals surface area contributed by atoms with Gasteiger partial charge >= 0.3 is 0 Å². The third kappa shape index (κ3) is 3.52. The van der Waals surface area contributed by atoms with Crippen LogP contribution in [0.2, 0.25) is 0 Å². The van der Waals surface area contributed by atoms with Gasteiger partial charge in [-0.3, -0.25) is 0 Å². The van der Waals surface area contributed by atoms with Gasteiger partial charge in [0.25, 0.3) is 0 Å². The molecule has 5 heteroatoms. The van der Waals surface area contributed by atoms with Crippen molar-refractivity contribution >= 4 is 11.3 Å². The first-order valence-corrected chi connectivity index (χ1v) is 6.19. The summed E-state index contributed by atoms with van der Waals surface area (Å²) < 4.78 is 5.03. The Hall–Kier alpha value is -0.490. The quantitative estimate of drug-likeness (QED) is 0.794. The molecule has 0 aliphatic heterocycles. The fourth-order valence-corrected chi connectivity index (χ4v) is 2.65. The minimum atomic E-state index is -0.0404. The highest BCUT2D eigenvalue weighted by Crippen LogP contribution is 2.22. The number of hydrogen-bond donors (Lipinski definition) is 2. The third-order valence-corrected chi connectivity index (χ3v) is 3.33. The van der Waals surface area contributed by atoms with Crippen LogP contribution < -0.4 is 5.32 Å². The lowest BCUT2D eigenvalue weighted by molar-refractivity contribution is 0.123. The first-order chi connectivity index (χ1) is 7.58. The number of thiazole rings is 1. The molecule has 1 aromatic heterocycles. The van der Waals surface area contributed by atoms with Crippen molar-refractivity contribution < 1.29 is 9.84 Å². The van der Waals surface area contributed by atoms with E-state index in [1.165, 1.54) is 4.88 Å². The lowest BCUT2D eigenvalue weighted by Gasteiger charge is -2.20. The number of aryl methyl sites for hydroxylation is 2. The molecule has 0 aromatic carbocycles. The average molecular weight is 244 g/mol. The fraction of sp³-hybridized carbons (Fsp3) is 0.727. The second kappa shape index (κ2) is 6.30. The van der Waals surface area contributed by atoms with Crippen molar-refractivity contribution in [1.29, 1.82) is 0 Å². The molecular weight excluding hydrogens is 224 g/mol. The van der Waals surface area contributed by atoms with Crippen LogP contribution in [0.5, 0.6) is 0 Å². The predicted octanol–water partition coefficient (Wildman–Crippen LogP) is 1.42. The van der Waals surface area contributed by atoms with E-state index in [1.807, 2.05) is 6.92 Å². The van der Waals surface area contributed by atoms with Crippen LogP contribution in [0, 0.1) is 13.8 Å². The molecule has 1 heterocycles. The first-order valence-electron chi connectivity index (χ1n) is 5.38. The number of aliphatic hydroxyl groups is 1. The zero-order valence-electron chi connectivity index (χ0n) is 10.3. The van der Waals surface area contributed by atoms with Gasteiger partial charge in [-0.15, -0.1) is 11.3 Å². The summed E-state index contributed by atoms with van der Waals surface area (Å²) >= 11 is 1.70. The molecule has 0 saturated heterocycles. The van der Waals surface area contributed by atoms with E-state index in [4.69, 9.17) is 9.84 Å². The van der Waals surface area contributed by atoms with Crippen molar-refractivity contribution in [3.63, 3.8) is 0 Å². The molecule has 0 bridgehead atoms. The summed E-state index contributed by atoms with van der Waals surface area (Å²) in [5, 5.41) is 13.6. The average Bonchev–Trinajstić information content (AvgIpc) is 2.57. The number of rotatable bonds is 6. The first kappa shape index (κ1) is 13.6. The highest BCUT2D eigenvalue weighted by atomic mass is 32.1. The maximum absolute atomic E-state index is 9.17. The largest absolute Gasteiger partial charge is 0.395 e. The van der Waals surface area contributed by atoms with Gasteiger partial charge < -0.3 is 15.2 Å². The lowest BCUT2D eigenvalue weighted by Crippen LogP contribution is -2.38. The van der Waals surface area contributed by atoms with Crippen LogP contribution in [-0.4, -0.2) is 36.5 Å². The van der Waals surface area contributed by atoms with Crippen molar-refractivity contribution in [3.8, 4) is 0 Å². The maximum Gasteiger partial charge on any atom is 0.0900 e. The summed E-state index contributed by atoms with van der Waals surface area (Å²) in [6.45, 7) is 6.71. The Morgan fingerprint density at radius 1 is 1.50 bits per heavy atom. The highest BCUT2D eigenvalue weighted by Gasteiger charge is 2.16. The van der Waals surface area contributed by atoms with Gasteiger partial charge in [-0.05, 0) is 20.8 Å². The molecule has 1 rings (SSSR count). The molecule has 16 heavy (non-hydrogen) atoms. The van der Waals surface area contributed by atoms with E-state index in [0.717, 1.165) is 10.7 Å². The minimum Gasteiger partial charge on any atom is -0.395 e. The Morgan fingerprint density at radius 2 is 2.19 bits per heavy atom. The fourth-order valence-electron chi connectivity index (χ4n) is 1.73. The van der Waals surface area contributed by atoms with Gasteiger partial charge in [0.2, 0.25) is 0 Å². The van der Waals surface area contributed by atoms with Crippen LogP contribution in [0.15, 0.2) is 0 Å². The molecule has 4 nitrogen and oxygen atoms in total. The molecule has 0 amide bonds. The number of nitrogens with one attached hydrogen (secondary N) is 1. The van der Waals surface area contributed by atoms with Crippen LogP contribution in [0.1, 0.15) is 28.5 Å². The molecule has 0 aliphatic rings. The molecule has 0 radical (unpaired) electrons. The number of aliphatic hydroxyl groups excluding tert-OH is 1. The van der Waals surface area contributed by atoms with E-state index < -0.39 is 0 Å². The summed E-state index contributed by atoms with van der Waals surface area (Å²) in [6.07, 6.45) is 0. The smallest absolute Gasteiger partial charge is 0.0900 e. The predicted molar refractivity (Wildman–Crippen MR) is 65.9 cm³/mol. The summed E-state index contributed by atoms with van der Waals surface area (Å²) in [7, 11) is 1.63. The number of nitrogens with zero attached hydrogens (tertiary/aromatic N) is 1. The molecule has 92 valence electrons. The van der Waals surface area contributed by atoms with Crippen molar-refractivity contribution in [1.82, 2.24) is 10.3 Å². The molecule has 2 N–H and O–H groups in total. The van der Waals surface area contributed by atoms with Gasteiger partial charge in [0, 0.05) is 18.0 Å². The molecule has 1 aromatic rings. The molecule has 0 spiro atoms. The number of hydrogen-bond acceptors (Lipinski definition) is 5. The van der Waals surface area contributed by atoms with Crippen LogP contribution >= 0.6 is 11.3 Å². The molecule has 2 atom stereocenters. The van der Waals surface area contributed by atoms with E-state index >= 15 is 0 Å². The topological polar surface area (TPSA) is 54.4 Å². The Bertz CT molecular complexity index is 328. The van der Waals surface area contributed by atoms with Gasteiger partial charge in [-0.2, -0.15) is 0 Å². The molecule has 0 fully saturated rings. The molecular formula is C11H20N2O2S. The maximum atomic E-state index is 9.17. The minimum absolute atomic E-state index is 0.0404. The van der Waals surface area contributed by atoms with Gasteiger partial charge in [0.1, 0.15) is 0 Å². The standard InChI is InChI=1S/C11H20N2O2S/c1-7(12-10(5-14)6-15-4)11-8(2)16-9(3)13-11/h7,10,12,14H,5-6H2,1-4H3. The van der Waals surface area contributed by atoms with Gasteiger partial charge in [0.05, 0.1) is 30.0 Å². The number of aromatic nitrogens is 1. The summed E-state index contributed by atoms with van der Waals surface area (Å²) in [5.74, 6) is 0. The molecule has 2 unspecified atom stereocenters. The van der Waals surface area contributed by atoms with Gasteiger partial charge in [0.15, 0.2) is 0 Å². The third-order valence-electron chi connectivity index (χ3n) is 2.42. The highest BCUT2D eigenvalue weighted by molar-refractivity contribution is 7.11. The number of methoxy groups -OCH3 is 1. The summed E-state index contributed by atoms with van der Waals surface area (Å²) in [6, 6.07) is 0.0960. The second-order valence-corrected chi connectivity index (χ2v) is 5.30. The van der Waals surface area contributed by atoms with E-state index in [1.54, 1.807) is 18.4 Å². The SMILES string of the molecule is COCC(CO)NC(C)c1nc(C)sc1C. The second-order valence-electron chi connectivity index (χ2n) is 3.90. The monoisotopic (exact) mass is 244 g/mol. The van der Waals surface area contributed by atoms with Gasteiger partial charge in [-0.1, -0.05) is 0 Å².